The third-order valence-electron chi connectivity index (χ3n) is 4.95. The maximum atomic E-state index is 12.4. The molecule has 3 heteroatoms. The summed E-state index contributed by atoms with van der Waals surface area (Å²) in [5, 5.41) is 12.7. The highest BCUT2D eigenvalue weighted by Crippen LogP contribution is 2.26. The lowest BCUT2D eigenvalue weighted by molar-refractivity contribution is -0.127. The molecule has 0 saturated heterocycles. The number of amides is 1. The van der Waals surface area contributed by atoms with Crippen LogP contribution in [0.15, 0.2) is 0 Å². The van der Waals surface area contributed by atoms with Crippen LogP contribution in [0.5, 0.6) is 0 Å². The minimum atomic E-state index is 0.218. The average molecular weight is 267 g/mol. The fourth-order valence-corrected chi connectivity index (χ4v) is 3.64. The molecule has 0 spiro atoms. The molecule has 2 rings (SSSR count). The van der Waals surface area contributed by atoms with Gasteiger partial charge < -0.3 is 10.4 Å². The number of hydrogen-bond acceptors (Lipinski definition) is 2. The van der Waals surface area contributed by atoms with E-state index in [0.717, 1.165) is 25.7 Å². The minimum Gasteiger partial charge on any atom is -0.396 e. The molecule has 0 aromatic rings. The lowest BCUT2D eigenvalue weighted by Crippen LogP contribution is -2.45. The first kappa shape index (κ1) is 14.8. The van der Waals surface area contributed by atoms with Crippen molar-refractivity contribution in [2.45, 2.75) is 76.7 Å². The van der Waals surface area contributed by atoms with E-state index in [4.69, 9.17) is 0 Å². The van der Waals surface area contributed by atoms with Crippen molar-refractivity contribution >= 4 is 5.91 Å². The molecular weight excluding hydrogens is 238 g/mol. The molecule has 0 heterocycles. The largest absolute Gasteiger partial charge is 0.396 e. The SMILES string of the molecule is O=C(NC1CCCCC1CO)C1CCCCCCC1. The number of aliphatic hydroxyl groups is 1. The summed E-state index contributed by atoms with van der Waals surface area (Å²) < 4.78 is 0. The Labute approximate surface area is 117 Å². The quantitative estimate of drug-likeness (QED) is 0.826. The predicted molar refractivity (Wildman–Crippen MR) is 76.8 cm³/mol. The fraction of sp³-hybridized carbons (Fsp3) is 0.938. The molecule has 19 heavy (non-hydrogen) atoms. The second-order valence-corrected chi connectivity index (χ2v) is 6.38. The summed E-state index contributed by atoms with van der Waals surface area (Å²) in [5.41, 5.74) is 0. The highest BCUT2D eigenvalue weighted by molar-refractivity contribution is 5.79. The summed E-state index contributed by atoms with van der Waals surface area (Å²) in [6.07, 6.45) is 12.9. The van der Waals surface area contributed by atoms with Crippen LogP contribution >= 0.6 is 0 Å². The van der Waals surface area contributed by atoms with Crippen LogP contribution in [-0.4, -0.2) is 23.7 Å². The number of carbonyl (C=O) groups excluding carboxylic acids is 1. The second kappa shape index (κ2) is 7.88. The smallest absolute Gasteiger partial charge is 0.223 e. The molecule has 110 valence electrons. The van der Waals surface area contributed by atoms with Gasteiger partial charge in [0.1, 0.15) is 0 Å². The Hall–Kier alpha value is -0.570. The molecule has 2 fully saturated rings. The predicted octanol–water partition coefficient (Wildman–Crippen LogP) is 3.01. The molecule has 0 radical (unpaired) electrons. The topological polar surface area (TPSA) is 49.3 Å². The number of carbonyl (C=O) groups is 1. The first-order valence-electron chi connectivity index (χ1n) is 8.22. The molecule has 1 amide bonds. The van der Waals surface area contributed by atoms with Gasteiger partial charge in [0.15, 0.2) is 0 Å². The molecule has 0 aliphatic heterocycles. The van der Waals surface area contributed by atoms with E-state index in [0.29, 0.717) is 0 Å². The number of aliphatic hydroxyl groups excluding tert-OH is 1. The van der Waals surface area contributed by atoms with E-state index >= 15 is 0 Å². The molecule has 2 aliphatic carbocycles. The Morgan fingerprint density at radius 1 is 0.895 bits per heavy atom. The van der Waals surface area contributed by atoms with Crippen LogP contribution in [0.25, 0.3) is 0 Å². The summed E-state index contributed by atoms with van der Waals surface area (Å²) in [6, 6.07) is 0.219. The van der Waals surface area contributed by atoms with Crippen molar-refractivity contribution in [3.05, 3.63) is 0 Å². The van der Waals surface area contributed by atoms with Gasteiger partial charge in [0.2, 0.25) is 5.91 Å². The lowest BCUT2D eigenvalue weighted by atomic mass is 9.84. The standard InChI is InChI=1S/C16H29NO2/c18-12-14-10-6-7-11-15(14)17-16(19)13-8-4-2-1-3-5-9-13/h13-15,18H,1-12H2,(H,17,19). The normalized spacial score (nSPS) is 30.4. The van der Waals surface area contributed by atoms with Gasteiger partial charge in [-0.05, 0) is 25.7 Å². The third kappa shape index (κ3) is 4.48. The monoisotopic (exact) mass is 267 g/mol. The van der Waals surface area contributed by atoms with Gasteiger partial charge in [-0.2, -0.15) is 0 Å². The summed E-state index contributed by atoms with van der Waals surface area (Å²) in [5.74, 6) is 0.764. The minimum absolute atomic E-state index is 0.218. The van der Waals surface area contributed by atoms with Crippen molar-refractivity contribution in [2.75, 3.05) is 6.61 Å². The Morgan fingerprint density at radius 3 is 2.16 bits per heavy atom. The zero-order chi connectivity index (χ0) is 13.5. The Bertz CT molecular complexity index is 272. The molecule has 0 aromatic heterocycles. The van der Waals surface area contributed by atoms with Crippen LogP contribution in [0, 0.1) is 11.8 Å². The maximum Gasteiger partial charge on any atom is 0.223 e. The fourth-order valence-electron chi connectivity index (χ4n) is 3.64. The van der Waals surface area contributed by atoms with Gasteiger partial charge in [0.25, 0.3) is 0 Å². The summed E-state index contributed by atoms with van der Waals surface area (Å²) in [4.78, 5) is 12.4. The van der Waals surface area contributed by atoms with Crippen LogP contribution in [-0.2, 0) is 4.79 Å². The summed E-state index contributed by atoms with van der Waals surface area (Å²) in [6.45, 7) is 0.218. The molecule has 2 N–H and O–H groups in total. The highest BCUT2D eigenvalue weighted by Gasteiger charge is 2.28. The van der Waals surface area contributed by atoms with E-state index < -0.39 is 0 Å². The first-order valence-corrected chi connectivity index (χ1v) is 8.22. The maximum absolute atomic E-state index is 12.4. The Balaban J connectivity index is 1.83. The van der Waals surface area contributed by atoms with E-state index in [9.17, 15) is 9.90 Å². The van der Waals surface area contributed by atoms with Crippen LogP contribution in [0.2, 0.25) is 0 Å². The van der Waals surface area contributed by atoms with Crippen LogP contribution in [0.3, 0.4) is 0 Å². The molecule has 0 bridgehead atoms. The van der Waals surface area contributed by atoms with Gasteiger partial charge in [-0.1, -0.05) is 44.9 Å². The third-order valence-corrected chi connectivity index (χ3v) is 4.95. The summed E-state index contributed by atoms with van der Waals surface area (Å²) in [7, 11) is 0. The first-order chi connectivity index (χ1) is 9.31. The van der Waals surface area contributed by atoms with Gasteiger partial charge in [-0.25, -0.2) is 0 Å². The molecular formula is C16H29NO2. The molecule has 2 aliphatic rings. The number of nitrogens with one attached hydrogen (secondary N) is 1. The van der Waals surface area contributed by atoms with Crippen LogP contribution < -0.4 is 5.32 Å². The average Bonchev–Trinajstić information content (AvgIpc) is 2.38. The molecule has 2 saturated carbocycles. The van der Waals surface area contributed by atoms with Crippen molar-refractivity contribution in [2.24, 2.45) is 11.8 Å². The highest BCUT2D eigenvalue weighted by atomic mass is 16.3. The van der Waals surface area contributed by atoms with Crippen molar-refractivity contribution < 1.29 is 9.90 Å². The lowest BCUT2D eigenvalue weighted by Gasteiger charge is -2.32. The van der Waals surface area contributed by atoms with Crippen molar-refractivity contribution in [3.63, 3.8) is 0 Å². The van der Waals surface area contributed by atoms with E-state index in [-0.39, 0.29) is 30.4 Å². The van der Waals surface area contributed by atoms with Gasteiger partial charge in [0, 0.05) is 24.5 Å². The number of hydrogen-bond donors (Lipinski definition) is 2. The van der Waals surface area contributed by atoms with Crippen molar-refractivity contribution in [1.82, 2.24) is 5.32 Å². The van der Waals surface area contributed by atoms with Crippen molar-refractivity contribution in [1.29, 1.82) is 0 Å². The number of rotatable bonds is 3. The van der Waals surface area contributed by atoms with E-state index in [1.807, 2.05) is 0 Å². The van der Waals surface area contributed by atoms with E-state index in [2.05, 4.69) is 5.32 Å². The molecule has 2 atom stereocenters. The Morgan fingerprint density at radius 2 is 1.47 bits per heavy atom. The molecule has 0 aromatic carbocycles. The molecule has 3 nitrogen and oxygen atoms in total. The van der Waals surface area contributed by atoms with Crippen LogP contribution in [0.1, 0.15) is 70.6 Å². The van der Waals surface area contributed by atoms with E-state index in [1.54, 1.807) is 0 Å². The van der Waals surface area contributed by atoms with Gasteiger partial charge in [-0.15, -0.1) is 0 Å². The van der Waals surface area contributed by atoms with Gasteiger partial charge in [-0.3, -0.25) is 4.79 Å². The molecule has 2 unspecified atom stereocenters. The van der Waals surface area contributed by atoms with Crippen LogP contribution in [0.4, 0.5) is 0 Å². The van der Waals surface area contributed by atoms with E-state index in [1.165, 1.54) is 44.9 Å². The second-order valence-electron chi connectivity index (χ2n) is 6.38. The van der Waals surface area contributed by atoms with Crippen molar-refractivity contribution in [3.8, 4) is 0 Å². The summed E-state index contributed by atoms with van der Waals surface area (Å²) >= 11 is 0. The van der Waals surface area contributed by atoms with Gasteiger partial charge >= 0.3 is 0 Å². The van der Waals surface area contributed by atoms with Gasteiger partial charge in [0.05, 0.1) is 0 Å². The zero-order valence-corrected chi connectivity index (χ0v) is 12.1. The zero-order valence-electron chi connectivity index (χ0n) is 12.1. The Kier molecular flexibility index (Phi) is 6.15.